The number of nitrogens with one attached hydrogen (secondary N) is 1. The number of pyridine rings is 2. The predicted molar refractivity (Wildman–Crippen MR) is 168 cm³/mol. The zero-order valence-electron chi connectivity index (χ0n) is 25.3. The lowest BCUT2D eigenvalue weighted by atomic mass is 9.96. The lowest BCUT2D eigenvalue weighted by Crippen LogP contribution is -2.40. The van der Waals surface area contributed by atoms with Gasteiger partial charge in [0.05, 0.1) is 30.0 Å². The zero-order valence-corrected chi connectivity index (χ0v) is 25.3. The molecule has 5 heterocycles. The molecule has 3 aromatic heterocycles. The van der Waals surface area contributed by atoms with Crippen molar-refractivity contribution in [3.05, 3.63) is 93.2 Å². The number of fused-ring (bicyclic) bond motifs is 1. The maximum absolute atomic E-state index is 13.6. The van der Waals surface area contributed by atoms with Crippen molar-refractivity contribution >= 4 is 29.0 Å². The number of amides is 2. The molecule has 2 aliphatic heterocycles. The van der Waals surface area contributed by atoms with Gasteiger partial charge in [0, 0.05) is 56.0 Å². The molecule has 1 N–H and O–H groups in total. The number of nitrogens with zero attached hydrogens (tertiary/aromatic N) is 6. The number of benzene rings is 1. The van der Waals surface area contributed by atoms with Crippen LogP contribution >= 0.6 is 0 Å². The molecule has 226 valence electrons. The second-order valence-electron chi connectivity index (χ2n) is 11.4. The smallest absolute Gasteiger partial charge is 0.290 e. The minimum Gasteiger partial charge on any atom is -0.378 e. The summed E-state index contributed by atoms with van der Waals surface area (Å²) in [6.07, 6.45) is 3.94. The maximum atomic E-state index is 13.6. The molecule has 6 rings (SSSR count). The summed E-state index contributed by atoms with van der Waals surface area (Å²) in [6.45, 7) is 8.84. The Morgan fingerprint density at radius 2 is 1.77 bits per heavy atom. The van der Waals surface area contributed by atoms with Crippen molar-refractivity contribution in [3.8, 4) is 11.3 Å². The summed E-state index contributed by atoms with van der Waals surface area (Å²) < 4.78 is 6.61. The Kier molecular flexibility index (Phi) is 7.96. The number of rotatable bonds is 6. The molecule has 4 aromatic rings. The molecule has 0 spiro atoms. The van der Waals surface area contributed by atoms with Crippen LogP contribution in [0, 0.1) is 6.92 Å². The van der Waals surface area contributed by atoms with E-state index in [9.17, 15) is 14.4 Å². The summed E-state index contributed by atoms with van der Waals surface area (Å²) >= 11 is 0. The number of aryl methyl sites for hydroxylation is 1. The number of morpholine rings is 1. The summed E-state index contributed by atoms with van der Waals surface area (Å²) in [7, 11) is 1.59. The summed E-state index contributed by atoms with van der Waals surface area (Å²) in [4.78, 5) is 51.9. The second-order valence-corrected chi connectivity index (χ2v) is 11.4. The number of carbonyl (C=O) groups excluding carboxylic acids is 2. The third-order valence-corrected chi connectivity index (χ3v) is 8.19. The van der Waals surface area contributed by atoms with Gasteiger partial charge in [-0.05, 0) is 60.7 Å². The van der Waals surface area contributed by atoms with E-state index in [1.165, 1.54) is 10.9 Å². The van der Waals surface area contributed by atoms with Crippen molar-refractivity contribution in [1.29, 1.82) is 0 Å². The Bertz CT molecular complexity index is 1790. The first-order valence-corrected chi connectivity index (χ1v) is 14.8. The van der Waals surface area contributed by atoms with Crippen LogP contribution < -0.4 is 15.8 Å². The molecule has 0 saturated carbocycles. The number of carbonyl (C=O) groups is 2. The zero-order chi connectivity index (χ0) is 31.0. The lowest BCUT2D eigenvalue weighted by Gasteiger charge is -2.30. The minimum absolute atomic E-state index is 0.0771. The van der Waals surface area contributed by atoms with Crippen molar-refractivity contribution in [2.75, 3.05) is 43.1 Å². The molecular weight excluding hydrogens is 558 g/mol. The van der Waals surface area contributed by atoms with Gasteiger partial charge < -0.3 is 19.9 Å². The molecule has 11 heteroatoms. The van der Waals surface area contributed by atoms with Crippen LogP contribution in [0.25, 0.3) is 11.3 Å². The van der Waals surface area contributed by atoms with E-state index < -0.39 is 0 Å². The third-order valence-electron chi connectivity index (χ3n) is 8.19. The van der Waals surface area contributed by atoms with Gasteiger partial charge in [-0.2, -0.15) is 5.10 Å². The fourth-order valence-electron chi connectivity index (χ4n) is 5.64. The molecule has 0 aliphatic carbocycles. The molecule has 44 heavy (non-hydrogen) atoms. The number of anilines is 3. The van der Waals surface area contributed by atoms with E-state index in [-0.39, 0.29) is 23.1 Å². The molecule has 2 amide bonds. The SMILES string of the molecule is Cc1c(-c2cc(Nc3ccc(C(=O)N4CCOCC4)cn3)c(=O)n(C)n2)cccc1N1CCc2cc(C(C)C)ncc2C1=O. The highest BCUT2D eigenvalue weighted by Crippen LogP contribution is 2.33. The summed E-state index contributed by atoms with van der Waals surface area (Å²) in [5.74, 6) is 0.541. The van der Waals surface area contributed by atoms with E-state index in [4.69, 9.17) is 4.74 Å². The molecule has 1 saturated heterocycles. The van der Waals surface area contributed by atoms with Crippen LogP contribution in [0.1, 0.15) is 57.3 Å². The monoisotopic (exact) mass is 593 g/mol. The fraction of sp³-hybridized carbons (Fsp3) is 0.333. The first kappa shape index (κ1) is 29.2. The molecule has 1 aromatic carbocycles. The first-order chi connectivity index (χ1) is 21.2. The molecule has 0 radical (unpaired) electrons. The Labute approximate surface area is 255 Å². The van der Waals surface area contributed by atoms with Crippen molar-refractivity contribution in [3.63, 3.8) is 0 Å². The average Bonchev–Trinajstić information content (AvgIpc) is 3.04. The van der Waals surface area contributed by atoms with E-state index in [0.29, 0.717) is 61.4 Å². The molecule has 0 atom stereocenters. The Morgan fingerprint density at radius 3 is 2.50 bits per heavy atom. The lowest BCUT2D eigenvalue weighted by molar-refractivity contribution is 0.0302. The fourth-order valence-corrected chi connectivity index (χ4v) is 5.64. The Hall–Kier alpha value is -4.90. The Morgan fingerprint density at radius 1 is 0.977 bits per heavy atom. The van der Waals surface area contributed by atoms with E-state index >= 15 is 0 Å². The van der Waals surface area contributed by atoms with Gasteiger partial charge in [-0.1, -0.05) is 26.0 Å². The first-order valence-electron chi connectivity index (χ1n) is 14.8. The predicted octanol–water partition coefficient (Wildman–Crippen LogP) is 4.09. The normalized spacial score (nSPS) is 15.0. The Balaban J connectivity index is 1.26. The van der Waals surface area contributed by atoms with E-state index in [1.807, 2.05) is 31.2 Å². The highest BCUT2D eigenvalue weighted by atomic mass is 16.5. The van der Waals surface area contributed by atoms with E-state index in [1.54, 1.807) is 41.2 Å². The van der Waals surface area contributed by atoms with Crippen molar-refractivity contribution in [2.45, 2.75) is 33.1 Å². The maximum Gasteiger partial charge on any atom is 0.290 e. The average molecular weight is 594 g/mol. The van der Waals surface area contributed by atoms with Gasteiger partial charge in [-0.3, -0.25) is 19.4 Å². The van der Waals surface area contributed by atoms with Gasteiger partial charge in [0.2, 0.25) is 0 Å². The van der Waals surface area contributed by atoms with Crippen LogP contribution in [0.4, 0.5) is 17.2 Å². The summed E-state index contributed by atoms with van der Waals surface area (Å²) in [5.41, 5.74) is 6.11. The standard InChI is InChI=1S/C33H35N7O4/c1-20(2)26-16-22-10-11-40(32(42)25(22)19-34-26)29-7-5-6-24(21(29)3)27-17-28(33(43)38(4)37-27)36-30-9-8-23(18-35-30)31(41)39-12-14-44-15-13-39/h5-9,16-20H,10-15H2,1-4H3,(H,35,36). The topological polar surface area (TPSA) is 123 Å². The number of ether oxygens (including phenoxy) is 1. The minimum atomic E-state index is -0.325. The van der Waals surface area contributed by atoms with E-state index in [2.05, 4.69) is 34.2 Å². The van der Waals surface area contributed by atoms with Crippen LogP contribution in [-0.4, -0.2) is 69.3 Å². The molecule has 1 fully saturated rings. The highest BCUT2D eigenvalue weighted by molar-refractivity contribution is 6.08. The largest absolute Gasteiger partial charge is 0.378 e. The molecule has 11 nitrogen and oxygen atoms in total. The van der Waals surface area contributed by atoms with Crippen LogP contribution in [0.5, 0.6) is 0 Å². The summed E-state index contributed by atoms with van der Waals surface area (Å²) in [6, 6.07) is 12.9. The third kappa shape index (κ3) is 5.58. The molecular formula is C33H35N7O4. The van der Waals surface area contributed by atoms with E-state index in [0.717, 1.165) is 34.5 Å². The van der Waals surface area contributed by atoms with Gasteiger partial charge in [0.25, 0.3) is 17.4 Å². The van der Waals surface area contributed by atoms with Crippen molar-refractivity contribution < 1.29 is 14.3 Å². The van der Waals surface area contributed by atoms with Gasteiger partial charge in [-0.15, -0.1) is 0 Å². The van der Waals surface area contributed by atoms with Crippen molar-refractivity contribution in [2.24, 2.45) is 7.05 Å². The second kappa shape index (κ2) is 12.0. The number of hydrogen-bond donors (Lipinski definition) is 1. The van der Waals surface area contributed by atoms with Gasteiger partial charge in [0.15, 0.2) is 0 Å². The van der Waals surface area contributed by atoms with Crippen LogP contribution in [0.15, 0.2) is 59.7 Å². The van der Waals surface area contributed by atoms with Crippen LogP contribution in [-0.2, 0) is 18.2 Å². The number of aromatic nitrogens is 4. The quantitative estimate of drug-likeness (QED) is 0.355. The van der Waals surface area contributed by atoms with Gasteiger partial charge in [-0.25, -0.2) is 9.67 Å². The van der Waals surface area contributed by atoms with Crippen LogP contribution in [0.3, 0.4) is 0 Å². The molecule has 0 bridgehead atoms. The summed E-state index contributed by atoms with van der Waals surface area (Å²) in [5, 5.41) is 7.63. The number of hydrogen-bond acceptors (Lipinski definition) is 8. The van der Waals surface area contributed by atoms with Gasteiger partial charge >= 0.3 is 0 Å². The van der Waals surface area contributed by atoms with Crippen LogP contribution in [0.2, 0.25) is 0 Å². The van der Waals surface area contributed by atoms with Crippen molar-refractivity contribution in [1.82, 2.24) is 24.6 Å². The highest BCUT2D eigenvalue weighted by Gasteiger charge is 2.28. The molecule has 2 aliphatic rings. The molecule has 0 unspecified atom stereocenters. The van der Waals surface area contributed by atoms with Gasteiger partial charge in [0.1, 0.15) is 11.5 Å².